The first kappa shape index (κ1) is 9.99. The van der Waals surface area contributed by atoms with Crippen molar-refractivity contribution in [1.82, 2.24) is 11.1 Å². The molecule has 0 heterocycles. The van der Waals surface area contributed by atoms with Gasteiger partial charge >= 0.3 is 0 Å². The zero-order valence-electron chi connectivity index (χ0n) is 5.18. The SMILES string of the molecule is CC(O)N(C)C.N. The molecule has 4 N–H and O–H groups in total. The van der Waals surface area contributed by atoms with Crippen LogP contribution in [0.15, 0.2) is 0 Å². The van der Waals surface area contributed by atoms with Gasteiger partial charge in [-0.15, -0.1) is 0 Å². The second kappa shape index (κ2) is 4.05. The molecule has 3 heteroatoms. The topological polar surface area (TPSA) is 58.5 Å². The lowest BCUT2D eigenvalue weighted by Gasteiger charge is -2.11. The maximum absolute atomic E-state index is 8.56. The van der Waals surface area contributed by atoms with E-state index in [-0.39, 0.29) is 12.4 Å². The molecule has 0 aromatic carbocycles. The molecule has 0 aliphatic rings. The molecule has 0 fully saturated rings. The number of hydrogen-bond acceptors (Lipinski definition) is 3. The molecule has 0 rings (SSSR count). The first-order valence-electron chi connectivity index (χ1n) is 1.99. The summed E-state index contributed by atoms with van der Waals surface area (Å²) in [5, 5.41) is 8.56. The maximum atomic E-state index is 8.56. The van der Waals surface area contributed by atoms with Crippen LogP contribution < -0.4 is 6.15 Å². The van der Waals surface area contributed by atoms with Crippen molar-refractivity contribution < 1.29 is 5.11 Å². The van der Waals surface area contributed by atoms with Gasteiger partial charge in [-0.05, 0) is 21.0 Å². The molecule has 1 atom stereocenters. The van der Waals surface area contributed by atoms with Gasteiger partial charge in [-0.2, -0.15) is 0 Å². The Balaban J connectivity index is 0. The van der Waals surface area contributed by atoms with Gasteiger partial charge < -0.3 is 11.3 Å². The van der Waals surface area contributed by atoms with E-state index in [0.717, 1.165) is 0 Å². The van der Waals surface area contributed by atoms with Crippen LogP contribution in [0.5, 0.6) is 0 Å². The second-order valence-electron chi connectivity index (χ2n) is 1.60. The van der Waals surface area contributed by atoms with Crippen molar-refractivity contribution in [2.75, 3.05) is 14.1 Å². The lowest BCUT2D eigenvalue weighted by Crippen LogP contribution is -2.23. The van der Waals surface area contributed by atoms with Crippen molar-refractivity contribution in [3.63, 3.8) is 0 Å². The Bertz CT molecular complexity index is 30.7. The molecule has 0 aliphatic heterocycles. The zero-order chi connectivity index (χ0) is 5.15. The minimum atomic E-state index is -0.315. The van der Waals surface area contributed by atoms with Gasteiger partial charge in [-0.1, -0.05) is 0 Å². The minimum absolute atomic E-state index is 0. The van der Waals surface area contributed by atoms with Crippen LogP contribution in [0.3, 0.4) is 0 Å². The monoisotopic (exact) mass is 106 g/mol. The van der Waals surface area contributed by atoms with Gasteiger partial charge in [0, 0.05) is 0 Å². The smallest absolute Gasteiger partial charge is 0.104 e. The van der Waals surface area contributed by atoms with Crippen LogP contribution in [0.2, 0.25) is 0 Å². The molecule has 0 amide bonds. The van der Waals surface area contributed by atoms with Crippen molar-refractivity contribution in [3.05, 3.63) is 0 Å². The quantitative estimate of drug-likeness (QED) is 0.464. The lowest BCUT2D eigenvalue weighted by atomic mass is 10.6. The number of aliphatic hydroxyl groups excluding tert-OH is 1. The number of hydrogen-bond donors (Lipinski definition) is 2. The number of nitrogens with zero attached hydrogens (tertiary/aromatic N) is 1. The van der Waals surface area contributed by atoms with Crippen LogP contribution in [0.1, 0.15) is 6.92 Å². The second-order valence-corrected chi connectivity index (χ2v) is 1.60. The molecular weight excluding hydrogens is 92.1 g/mol. The molecule has 0 aliphatic carbocycles. The van der Waals surface area contributed by atoms with Crippen LogP contribution in [0.25, 0.3) is 0 Å². The number of rotatable bonds is 1. The van der Waals surface area contributed by atoms with E-state index in [1.54, 1.807) is 11.8 Å². The normalized spacial score (nSPS) is 13.3. The van der Waals surface area contributed by atoms with Crippen molar-refractivity contribution in [3.8, 4) is 0 Å². The first-order valence-corrected chi connectivity index (χ1v) is 1.99. The summed E-state index contributed by atoms with van der Waals surface area (Å²) in [5.41, 5.74) is 0. The predicted octanol–water partition coefficient (Wildman–Crippen LogP) is 0.0483. The molecule has 46 valence electrons. The Morgan fingerprint density at radius 2 is 1.57 bits per heavy atom. The Kier molecular flexibility index (Phi) is 5.78. The largest absolute Gasteiger partial charge is 0.379 e. The van der Waals surface area contributed by atoms with Crippen LogP contribution in [-0.2, 0) is 0 Å². The Morgan fingerprint density at radius 1 is 1.43 bits per heavy atom. The van der Waals surface area contributed by atoms with Gasteiger partial charge in [0.05, 0.1) is 0 Å². The molecule has 0 saturated carbocycles. The van der Waals surface area contributed by atoms with E-state index >= 15 is 0 Å². The summed E-state index contributed by atoms with van der Waals surface area (Å²) in [6.45, 7) is 1.72. The maximum Gasteiger partial charge on any atom is 0.104 e. The van der Waals surface area contributed by atoms with Gasteiger partial charge in [0.15, 0.2) is 0 Å². The highest BCUT2D eigenvalue weighted by Gasteiger charge is 1.92. The summed E-state index contributed by atoms with van der Waals surface area (Å²) < 4.78 is 0. The third-order valence-corrected chi connectivity index (χ3v) is 0.747. The molecule has 0 aromatic rings. The molecule has 1 unspecified atom stereocenters. The van der Waals surface area contributed by atoms with Gasteiger partial charge in [0.2, 0.25) is 0 Å². The van der Waals surface area contributed by atoms with Gasteiger partial charge in [0.1, 0.15) is 6.23 Å². The van der Waals surface area contributed by atoms with Crippen molar-refractivity contribution in [1.29, 1.82) is 0 Å². The summed E-state index contributed by atoms with van der Waals surface area (Å²) in [6.07, 6.45) is -0.315. The van der Waals surface area contributed by atoms with E-state index in [4.69, 9.17) is 5.11 Å². The average molecular weight is 106 g/mol. The van der Waals surface area contributed by atoms with E-state index in [1.807, 2.05) is 14.1 Å². The highest BCUT2D eigenvalue weighted by atomic mass is 16.3. The minimum Gasteiger partial charge on any atom is -0.379 e. The van der Waals surface area contributed by atoms with Gasteiger partial charge in [0.25, 0.3) is 0 Å². The molecule has 0 aromatic heterocycles. The van der Waals surface area contributed by atoms with Crippen molar-refractivity contribution >= 4 is 0 Å². The fourth-order valence-electron chi connectivity index (χ4n) is 0. The standard InChI is InChI=1S/C4H11NO.H3N/c1-4(6)5(2)3;/h4,6H,1-3H3;1H3. The van der Waals surface area contributed by atoms with E-state index in [1.165, 1.54) is 0 Å². The summed E-state index contributed by atoms with van der Waals surface area (Å²) in [7, 11) is 3.65. The van der Waals surface area contributed by atoms with Crippen LogP contribution in [0, 0.1) is 0 Å². The fourth-order valence-corrected chi connectivity index (χ4v) is 0. The van der Waals surface area contributed by atoms with Crippen molar-refractivity contribution in [2.45, 2.75) is 13.2 Å². The third-order valence-electron chi connectivity index (χ3n) is 0.747. The third kappa shape index (κ3) is 5.88. The van der Waals surface area contributed by atoms with Gasteiger partial charge in [-0.25, -0.2) is 0 Å². The molecule has 0 bridgehead atoms. The highest BCUT2D eigenvalue weighted by molar-refractivity contribution is 4.35. The van der Waals surface area contributed by atoms with E-state index < -0.39 is 0 Å². The number of aliphatic hydroxyl groups is 1. The molecule has 0 radical (unpaired) electrons. The first-order chi connectivity index (χ1) is 2.64. The molecule has 3 nitrogen and oxygen atoms in total. The molecular formula is C4H14N2O. The molecule has 7 heavy (non-hydrogen) atoms. The summed E-state index contributed by atoms with van der Waals surface area (Å²) in [5.74, 6) is 0. The van der Waals surface area contributed by atoms with Crippen molar-refractivity contribution in [2.24, 2.45) is 0 Å². The fraction of sp³-hybridized carbons (Fsp3) is 1.00. The Labute approximate surface area is 44.5 Å². The molecule has 0 spiro atoms. The van der Waals surface area contributed by atoms with E-state index in [9.17, 15) is 0 Å². The van der Waals surface area contributed by atoms with Gasteiger partial charge in [-0.3, -0.25) is 4.90 Å². The summed E-state index contributed by atoms with van der Waals surface area (Å²) in [6, 6.07) is 0. The molecule has 0 saturated heterocycles. The summed E-state index contributed by atoms with van der Waals surface area (Å²) in [4.78, 5) is 1.72. The van der Waals surface area contributed by atoms with E-state index in [0.29, 0.717) is 0 Å². The van der Waals surface area contributed by atoms with Crippen LogP contribution >= 0.6 is 0 Å². The van der Waals surface area contributed by atoms with Crippen LogP contribution in [0.4, 0.5) is 0 Å². The van der Waals surface area contributed by atoms with E-state index in [2.05, 4.69) is 0 Å². The average Bonchev–Trinajstić information content (AvgIpc) is 1.36. The summed E-state index contributed by atoms with van der Waals surface area (Å²) >= 11 is 0. The zero-order valence-corrected chi connectivity index (χ0v) is 5.18. The highest BCUT2D eigenvalue weighted by Crippen LogP contribution is 1.79. The van der Waals surface area contributed by atoms with Crippen LogP contribution in [-0.4, -0.2) is 30.3 Å². The Hall–Kier alpha value is -0.120. The lowest BCUT2D eigenvalue weighted by molar-refractivity contribution is 0.0578. The Morgan fingerprint density at radius 3 is 1.57 bits per heavy atom. The predicted molar refractivity (Wildman–Crippen MR) is 30.4 cm³/mol.